The summed E-state index contributed by atoms with van der Waals surface area (Å²) in [5.41, 5.74) is 4.52. The van der Waals surface area contributed by atoms with Crippen LogP contribution in [-0.4, -0.2) is 19.0 Å². The van der Waals surface area contributed by atoms with Gasteiger partial charge in [-0.25, -0.2) is 4.79 Å². The van der Waals surface area contributed by atoms with Crippen LogP contribution >= 0.6 is 0 Å². The maximum Gasteiger partial charge on any atom is 0.337 e. The highest BCUT2D eigenvalue weighted by Gasteiger charge is 2.37. The first-order chi connectivity index (χ1) is 12.6. The number of anilines is 1. The van der Waals surface area contributed by atoms with Gasteiger partial charge in [0.15, 0.2) is 0 Å². The summed E-state index contributed by atoms with van der Waals surface area (Å²) in [4.78, 5) is 24.3. The highest BCUT2D eigenvalue weighted by molar-refractivity contribution is 6.04. The van der Waals surface area contributed by atoms with E-state index in [-0.39, 0.29) is 16.7 Å². The van der Waals surface area contributed by atoms with Gasteiger partial charge in [0, 0.05) is 11.3 Å². The molecule has 142 valence electrons. The number of benzene rings is 2. The zero-order valence-electron chi connectivity index (χ0n) is 16.7. The van der Waals surface area contributed by atoms with Crippen LogP contribution in [0.25, 0.3) is 0 Å². The monoisotopic (exact) mass is 365 g/mol. The van der Waals surface area contributed by atoms with Crippen LogP contribution < -0.4 is 5.32 Å². The topological polar surface area (TPSA) is 55.4 Å². The zero-order valence-corrected chi connectivity index (χ0v) is 16.7. The van der Waals surface area contributed by atoms with Gasteiger partial charge < -0.3 is 10.1 Å². The first-order valence-corrected chi connectivity index (χ1v) is 9.29. The molecule has 3 rings (SSSR count). The predicted octanol–water partition coefficient (Wildman–Crippen LogP) is 5.07. The molecule has 0 fully saturated rings. The van der Waals surface area contributed by atoms with Crippen molar-refractivity contribution in [3.63, 3.8) is 0 Å². The van der Waals surface area contributed by atoms with Crippen molar-refractivity contribution < 1.29 is 14.3 Å². The predicted molar refractivity (Wildman–Crippen MR) is 107 cm³/mol. The SMILES string of the molecule is COC(=O)c1ccc(NC(=O)c2ccc3c(c2)C(C)(C)CCC3(C)C)cc1. The number of amides is 1. The quantitative estimate of drug-likeness (QED) is 0.772. The standard InChI is InChI=1S/C23H27NO3/c1-22(2)12-13-23(3,4)19-14-16(8-11-18(19)22)20(25)24-17-9-6-15(7-10-17)21(26)27-5/h6-11,14H,12-13H2,1-5H3,(H,24,25). The second-order valence-electron chi connectivity index (χ2n) is 8.55. The van der Waals surface area contributed by atoms with Crippen molar-refractivity contribution in [3.8, 4) is 0 Å². The van der Waals surface area contributed by atoms with Crippen LogP contribution in [0.4, 0.5) is 5.69 Å². The van der Waals surface area contributed by atoms with E-state index in [4.69, 9.17) is 0 Å². The molecule has 0 aliphatic heterocycles. The Hall–Kier alpha value is -2.62. The van der Waals surface area contributed by atoms with E-state index in [1.807, 2.05) is 12.1 Å². The third kappa shape index (κ3) is 3.75. The Morgan fingerprint density at radius 2 is 1.41 bits per heavy atom. The lowest BCUT2D eigenvalue weighted by Crippen LogP contribution is -2.34. The second kappa shape index (κ2) is 6.84. The Labute approximate surface area is 160 Å². The summed E-state index contributed by atoms with van der Waals surface area (Å²) in [6, 6.07) is 12.7. The minimum Gasteiger partial charge on any atom is -0.465 e. The lowest BCUT2D eigenvalue weighted by atomic mass is 9.63. The molecule has 2 aromatic carbocycles. The van der Waals surface area contributed by atoms with Gasteiger partial charge >= 0.3 is 5.97 Å². The summed E-state index contributed by atoms with van der Waals surface area (Å²) in [7, 11) is 1.34. The number of ether oxygens (including phenoxy) is 1. The lowest BCUT2D eigenvalue weighted by Gasteiger charge is -2.42. The molecule has 4 nitrogen and oxygen atoms in total. The summed E-state index contributed by atoms with van der Waals surface area (Å²) < 4.78 is 4.69. The summed E-state index contributed by atoms with van der Waals surface area (Å²) >= 11 is 0. The smallest absolute Gasteiger partial charge is 0.337 e. The molecule has 0 saturated carbocycles. The van der Waals surface area contributed by atoms with E-state index in [9.17, 15) is 9.59 Å². The first kappa shape index (κ1) is 19.2. The molecule has 1 amide bonds. The summed E-state index contributed by atoms with van der Waals surface area (Å²) in [5.74, 6) is -0.546. The number of methoxy groups -OCH3 is 1. The van der Waals surface area contributed by atoms with E-state index in [2.05, 4.69) is 43.8 Å². The molecule has 27 heavy (non-hydrogen) atoms. The van der Waals surface area contributed by atoms with Gasteiger partial charge in [-0.15, -0.1) is 0 Å². The van der Waals surface area contributed by atoms with Crippen LogP contribution in [0.3, 0.4) is 0 Å². The van der Waals surface area contributed by atoms with Gasteiger partial charge in [0.2, 0.25) is 0 Å². The van der Waals surface area contributed by atoms with Crippen LogP contribution in [0.2, 0.25) is 0 Å². The first-order valence-electron chi connectivity index (χ1n) is 9.29. The van der Waals surface area contributed by atoms with E-state index in [0.717, 1.165) is 12.8 Å². The minimum atomic E-state index is -0.396. The van der Waals surface area contributed by atoms with Crippen LogP contribution in [0.5, 0.6) is 0 Å². The molecule has 4 heteroatoms. The summed E-state index contributed by atoms with van der Waals surface area (Å²) in [5, 5.41) is 2.91. The number of carbonyl (C=O) groups is 2. The molecule has 0 heterocycles. The van der Waals surface area contributed by atoms with Gasteiger partial charge in [0.25, 0.3) is 5.91 Å². The van der Waals surface area contributed by atoms with Crippen LogP contribution in [0.15, 0.2) is 42.5 Å². The molecule has 2 aromatic rings. The molecule has 0 bridgehead atoms. The third-order valence-corrected chi connectivity index (χ3v) is 5.68. The van der Waals surface area contributed by atoms with Crippen molar-refractivity contribution in [2.45, 2.75) is 51.4 Å². The highest BCUT2D eigenvalue weighted by Crippen LogP contribution is 2.45. The fourth-order valence-electron chi connectivity index (χ4n) is 3.74. The Morgan fingerprint density at radius 1 is 0.852 bits per heavy atom. The van der Waals surface area contributed by atoms with Crippen molar-refractivity contribution in [2.24, 2.45) is 0 Å². The Balaban J connectivity index is 1.85. The van der Waals surface area contributed by atoms with Crippen molar-refractivity contribution in [2.75, 3.05) is 12.4 Å². The maximum absolute atomic E-state index is 12.7. The molecule has 1 aliphatic carbocycles. The van der Waals surface area contributed by atoms with Gasteiger partial charge in [-0.1, -0.05) is 33.8 Å². The van der Waals surface area contributed by atoms with Gasteiger partial charge in [0.05, 0.1) is 12.7 Å². The number of hydrogen-bond acceptors (Lipinski definition) is 3. The van der Waals surface area contributed by atoms with E-state index >= 15 is 0 Å². The molecule has 0 saturated heterocycles. The van der Waals surface area contributed by atoms with Crippen LogP contribution in [-0.2, 0) is 15.6 Å². The molecule has 0 radical (unpaired) electrons. The average molecular weight is 365 g/mol. The van der Waals surface area contributed by atoms with Gasteiger partial charge in [0.1, 0.15) is 0 Å². The summed E-state index contributed by atoms with van der Waals surface area (Å²) in [6.45, 7) is 9.02. The van der Waals surface area contributed by atoms with Crippen molar-refractivity contribution in [1.29, 1.82) is 0 Å². The minimum absolute atomic E-state index is 0.0588. The van der Waals surface area contributed by atoms with Crippen molar-refractivity contribution >= 4 is 17.6 Å². The zero-order chi connectivity index (χ0) is 19.8. The molecular formula is C23H27NO3. The molecular weight excluding hydrogens is 338 g/mol. The number of nitrogens with one attached hydrogen (secondary N) is 1. The summed E-state index contributed by atoms with van der Waals surface area (Å²) in [6.07, 6.45) is 2.25. The fourth-order valence-corrected chi connectivity index (χ4v) is 3.74. The third-order valence-electron chi connectivity index (χ3n) is 5.68. The second-order valence-corrected chi connectivity index (χ2v) is 8.55. The number of carbonyl (C=O) groups excluding carboxylic acids is 2. The normalized spacial score (nSPS) is 16.9. The van der Waals surface area contributed by atoms with Crippen LogP contribution in [0.1, 0.15) is 72.4 Å². The largest absolute Gasteiger partial charge is 0.465 e. The fraction of sp³-hybridized carbons (Fsp3) is 0.391. The Morgan fingerprint density at radius 3 is 2.00 bits per heavy atom. The maximum atomic E-state index is 12.7. The van der Waals surface area contributed by atoms with Crippen LogP contribution in [0, 0.1) is 0 Å². The Kier molecular flexibility index (Phi) is 4.85. The lowest BCUT2D eigenvalue weighted by molar-refractivity contribution is 0.0600. The van der Waals surface area contributed by atoms with Crippen molar-refractivity contribution in [3.05, 3.63) is 64.7 Å². The van der Waals surface area contributed by atoms with Gasteiger partial charge in [-0.3, -0.25) is 4.79 Å². The van der Waals surface area contributed by atoms with Gasteiger partial charge in [-0.2, -0.15) is 0 Å². The molecule has 0 spiro atoms. The van der Waals surface area contributed by atoms with E-state index in [0.29, 0.717) is 16.8 Å². The molecule has 0 unspecified atom stereocenters. The molecule has 0 aromatic heterocycles. The Bertz CT molecular complexity index is 879. The van der Waals surface area contributed by atoms with E-state index in [1.165, 1.54) is 18.2 Å². The molecule has 1 aliphatic rings. The number of rotatable bonds is 3. The van der Waals surface area contributed by atoms with Gasteiger partial charge in [-0.05, 0) is 71.2 Å². The molecule has 1 N–H and O–H groups in total. The number of fused-ring (bicyclic) bond motifs is 1. The molecule has 0 atom stereocenters. The average Bonchev–Trinajstić information content (AvgIpc) is 2.65. The highest BCUT2D eigenvalue weighted by atomic mass is 16.5. The van der Waals surface area contributed by atoms with E-state index in [1.54, 1.807) is 24.3 Å². The van der Waals surface area contributed by atoms with Crippen molar-refractivity contribution in [1.82, 2.24) is 0 Å². The number of hydrogen-bond donors (Lipinski definition) is 1. The van der Waals surface area contributed by atoms with E-state index < -0.39 is 5.97 Å². The number of esters is 1.